The monoisotopic (exact) mass is 551 g/mol. The first kappa shape index (κ1) is 27.2. The summed E-state index contributed by atoms with van der Waals surface area (Å²) in [5.74, 6) is -0.884. The summed E-state index contributed by atoms with van der Waals surface area (Å²) in [5, 5.41) is 21.5. The number of H-pyrrole nitrogens is 1. The van der Waals surface area contributed by atoms with Crippen LogP contribution in [0.25, 0.3) is 10.9 Å². The van der Waals surface area contributed by atoms with Crippen molar-refractivity contribution < 1.29 is 15.0 Å². The largest absolute Gasteiger partial charge is 0.494 e. The third kappa shape index (κ3) is 6.09. The highest BCUT2D eigenvalue weighted by Crippen LogP contribution is 2.33. The molecule has 0 fully saturated rings. The highest BCUT2D eigenvalue weighted by atomic mass is 35.5. The van der Waals surface area contributed by atoms with Gasteiger partial charge in [-0.3, -0.25) is 4.79 Å². The van der Waals surface area contributed by atoms with Crippen molar-refractivity contribution in [3.8, 4) is 5.88 Å². The number of carboxylic acid groups (broad SMARTS) is 1. The second kappa shape index (κ2) is 11.4. The van der Waals surface area contributed by atoms with Crippen molar-refractivity contribution in [3.63, 3.8) is 0 Å². The smallest absolute Gasteiger partial charge is 0.303 e. The van der Waals surface area contributed by atoms with Crippen LogP contribution in [-0.4, -0.2) is 26.9 Å². The molecule has 0 saturated heterocycles. The van der Waals surface area contributed by atoms with E-state index in [1.165, 1.54) is 0 Å². The van der Waals surface area contributed by atoms with Gasteiger partial charge in [-0.05, 0) is 66.8 Å². The third-order valence-corrected chi connectivity index (χ3v) is 7.22. The molecule has 0 bridgehead atoms. The third-order valence-electron chi connectivity index (χ3n) is 6.99. The number of aryl methyl sites for hydroxylation is 1. The van der Waals surface area contributed by atoms with E-state index in [1.54, 1.807) is 12.1 Å². The van der Waals surface area contributed by atoms with Crippen molar-refractivity contribution in [1.82, 2.24) is 4.98 Å². The van der Waals surface area contributed by atoms with Crippen molar-refractivity contribution in [1.29, 1.82) is 0 Å². The van der Waals surface area contributed by atoms with Crippen LogP contribution in [0.5, 0.6) is 5.88 Å². The van der Waals surface area contributed by atoms with E-state index in [2.05, 4.69) is 17.1 Å². The summed E-state index contributed by atoms with van der Waals surface area (Å²) >= 11 is 6.20. The van der Waals surface area contributed by atoms with E-state index in [0.717, 1.165) is 27.6 Å². The Kier molecular flexibility index (Phi) is 7.74. The number of benzene rings is 4. The van der Waals surface area contributed by atoms with Gasteiger partial charge in [-0.2, -0.15) is 0 Å². The normalized spacial score (nSPS) is 13.3. The fraction of sp³-hybridized carbons (Fsp3) is 0.152. The number of nitrogens with two attached hydrogens (primary N) is 1. The highest BCUT2D eigenvalue weighted by molar-refractivity contribution is 6.31. The fourth-order valence-electron chi connectivity index (χ4n) is 4.95. The van der Waals surface area contributed by atoms with Crippen LogP contribution in [0.1, 0.15) is 41.2 Å². The van der Waals surface area contributed by atoms with Gasteiger partial charge in [0.25, 0.3) is 0 Å². The maximum absolute atomic E-state index is 11.2. The molecule has 202 valence electrons. The molecule has 1 unspecified atom stereocenters. The molecule has 5 N–H and O–H groups in total. The van der Waals surface area contributed by atoms with E-state index in [-0.39, 0.29) is 12.3 Å². The fourth-order valence-corrected chi connectivity index (χ4v) is 5.13. The number of nitrogens with zero attached hydrogens (tertiary/aromatic N) is 1. The standard InChI is InChI=1S/C33H30ClN3O3/c1-33(35,20-22-6-3-2-4-7-22)24-11-14-26(15-12-24)36-31(23-9-5-8-21(18-23)10-17-29(38)39)30-27-16-13-25(34)19-28(27)37-32(30)40/h2-9,11-16,18-19,37,40H,10,17,20,35H2,1H3,(H,38,39). The summed E-state index contributed by atoms with van der Waals surface area (Å²) in [6, 6.07) is 30.9. The summed E-state index contributed by atoms with van der Waals surface area (Å²) in [7, 11) is 0. The Morgan fingerprint density at radius 1 is 0.950 bits per heavy atom. The summed E-state index contributed by atoms with van der Waals surface area (Å²) in [4.78, 5) is 19.2. The van der Waals surface area contributed by atoms with Crippen LogP contribution in [0, 0.1) is 0 Å². The second-order valence-electron chi connectivity index (χ2n) is 10.2. The lowest BCUT2D eigenvalue weighted by atomic mass is 9.86. The van der Waals surface area contributed by atoms with Gasteiger partial charge in [0.15, 0.2) is 5.88 Å². The summed E-state index contributed by atoms with van der Waals surface area (Å²) in [5.41, 5.74) is 12.4. The summed E-state index contributed by atoms with van der Waals surface area (Å²) in [6.07, 6.45) is 1.10. The van der Waals surface area contributed by atoms with Gasteiger partial charge in [0.1, 0.15) is 0 Å². The molecular formula is C33H30ClN3O3. The first-order valence-corrected chi connectivity index (χ1v) is 13.4. The van der Waals surface area contributed by atoms with Gasteiger partial charge in [0.2, 0.25) is 0 Å². The Bertz CT molecular complexity index is 1690. The number of nitrogens with one attached hydrogen (secondary N) is 1. The average molecular weight is 552 g/mol. The van der Waals surface area contributed by atoms with E-state index in [4.69, 9.17) is 27.4 Å². The molecule has 0 aliphatic rings. The molecule has 0 spiro atoms. The molecule has 1 atom stereocenters. The van der Waals surface area contributed by atoms with Crippen molar-refractivity contribution in [2.24, 2.45) is 10.7 Å². The zero-order valence-electron chi connectivity index (χ0n) is 22.1. The van der Waals surface area contributed by atoms with Crippen LogP contribution >= 0.6 is 11.6 Å². The van der Waals surface area contributed by atoms with Gasteiger partial charge in [0, 0.05) is 27.9 Å². The quantitative estimate of drug-likeness (QED) is 0.146. The number of aromatic hydroxyl groups is 1. The van der Waals surface area contributed by atoms with E-state index in [9.17, 15) is 9.90 Å². The van der Waals surface area contributed by atoms with Crippen LogP contribution in [0.3, 0.4) is 0 Å². The van der Waals surface area contributed by atoms with Gasteiger partial charge < -0.3 is 20.9 Å². The molecule has 0 saturated carbocycles. The Balaban J connectivity index is 1.57. The number of fused-ring (bicyclic) bond motifs is 1. The second-order valence-corrected chi connectivity index (χ2v) is 10.7. The van der Waals surface area contributed by atoms with Gasteiger partial charge in [-0.1, -0.05) is 78.3 Å². The number of rotatable bonds is 9. The number of hydrogen-bond donors (Lipinski definition) is 4. The first-order valence-electron chi connectivity index (χ1n) is 13.0. The number of aromatic nitrogens is 1. The molecule has 5 rings (SSSR count). The minimum Gasteiger partial charge on any atom is -0.494 e. The Morgan fingerprint density at radius 2 is 1.68 bits per heavy atom. The predicted octanol–water partition coefficient (Wildman–Crippen LogP) is 7.13. The van der Waals surface area contributed by atoms with Crippen molar-refractivity contribution >= 4 is 39.9 Å². The van der Waals surface area contributed by atoms with Gasteiger partial charge in [0.05, 0.1) is 22.5 Å². The molecule has 4 aromatic carbocycles. The molecular weight excluding hydrogens is 522 g/mol. The predicted molar refractivity (Wildman–Crippen MR) is 161 cm³/mol. The van der Waals surface area contributed by atoms with Crippen LogP contribution in [-0.2, 0) is 23.2 Å². The Morgan fingerprint density at radius 3 is 2.40 bits per heavy atom. The molecule has 1 heterocycles. The summed E-state index contributed by atoms with van der Waals surface area (Å²) < 4.78 is 0. The molecule has 1 aromatic heterocycles. The van der Waals surface area contributed by atoms with E-state index in [0.29, 0.717) is 40.3 Å². The topological polar surface area (TPSA) is 112 Å². The number of carboxylic acids is 1. The Hall–Kier alpha value is -4.39. The Labute approximate surface area is 237 Å². The molecule has 6 nitrogen and oxygen atoms in total. The highest BCUT2D eigenvalue weighted by Gasteiger charge is 2.22. The molecule has 0 radical (unpaired) electrons. The maximum atomic E-state index is 11.2. The maximum Gasteiger partial charge on any atom is 0.303 e. The number of hydrogen-bond acceptors (Lipinski definition) is 4. The number of halogens is 1. The van der Waals surface area contributed by atoms with Crippen molar-refractivity contribution in [2.75, 3.05) is 0 Å². The molecule has 7 heteroatoms. The van der Waals surface area contributed by atoms with Gasteiger partial charge in [-0.25, -0.2) is 4.99 Å². The lowest BCUT2D eigenvalue weighted by molar-refractivity contribution is -0.136. The number of carbonyl (C=O) groups is 1. The molecule has 0 aliphatic heterocycles. The minimum atomic E-state index is -0.857. The lowest BCUT2D eigenvalue weighted by Crippen LogP contribution is -2.35. The SMILES string of the molecule is CC(N)(Cc1ccccc1)c1ccc(N=C(c2cccc(CCC(=O)O)c2)c2c(O)[nH]c3cc(Cl)ccc23)cc1. The molecule has 5 aromatic rings. The van der Waals surface area contributed by atoms with E-state index < -0.39 is 11.5 Å². The number of aliphatic carboxylic acids is 1. The molecule has 40 heavy (non-hydrogen) atoms. The number of aromatic amines is 1. The zero-order chi connectivity index (χ0) is 28.3. The average Bonchev–Trinajstić information content (AvgIpc) is 3.25. The lowest BCUT2D eigenvalue weighted by Gasteiger charge is -2.25. The van der Waals surface area contributed by atoms with Gasteiger partial charge in [-0.15, -0.1) is 0 Å². The molecule has 0 aliphatic carbocycles. The zero-order valence-corrected chi connectivity index (χ0v) is 22.8. The van der Waals surface area contributed by atoms with Crippen LogP contribution in [0.2, 0.25) is 5.02 Å². The van der Waals surface area contributed by atoms with Gasteiger partial charge >= 0.3 is 5.97 Å². The van der Waals surface area contributed by atoms with Crippen molar-refractivity contribution in [3.05, 3.63) is 130 Å². The van der Waals surface area contributed by atoms with E-state index in [1.807, 2.05) is 79.7 Å². The van der Waals surface area contributed by atoms with Crippen LogP contribution < -0.4 is 5.73 Å². The summed E-state index contributed by atoms with van der Waals surface area (Å²) in [6.45, 7) is 2.02. The van der Waals surface area contributed by atoms with Crippen LogP contribution in [0.15, 0.2) is 102 Å². The van der Waals surface area contributed by atoms with E-state index >= 15 is 0 Å². The molecule has 0 amide bonds. The number of aliphatic imine (C=N–C) groups is 1. The minimum absolute atomic E-state index is 0.0229. The van der Waals surface area contributed by atoms with Crippen molar-refractivity contribution in [2.45, 2.75) is 31.7 Å². The first-order chi connectivity index (χ1) is 19.2. The van der Waals surface area contributed by atoms with Crippen LogP contribution in [0.4, 0.5) is 5.69 Å².